The molecule has 0 fully saturated rings. The van der Waals surface area contributed by atoms with E-state index in [1.165, 1.54) is 0 Å². The first-order valence-electron chi connectivity index (χ1n) is 7.57. The summed E-state index contributed by atoms with van der Waals surface area (Å²) >= 11 is 5.91. The van der Waals surface area contributed by atoms with Crippen molar-refractivity contribution in [1.82, 2.24) is 4.57 Å². The molecule has 0 bridgehead atoms. The molecule has 4 rings (SSSR count). The van der Waals surface area contributed by atoms with Gasteiger partial charge in [0.15, 0.2) is 5.78 Å². The first-order chi connectivity index (χ1) is 11.2. The Morgan fingerprint density at radius 2 is 1.78 bits per heavy atom. The molecule has 0 atom stereocenters. The third kappa shape index (κ3) is 2.43. The third-order valence-corrected chi connectivity index (χ3v) is 4.40. The van der Waals surface area contributed by atoms with E-state index in [-0.39, 0.29) is 5.78 Å². The Morgan fingerprint density at radius 1 is 1.04 bits per heavy atom. The smallest absolute Gasteiger partial charge is 0.196 e. The van der Waals surface area contributed by atoms with Crippen molar-refractivity contribution in [1.29, 1.82) is 0 Å². The zero-order valence-electron chi connectivity index (χ0n) is 12.4. The summed E-state index contributed by atoms with van der Waals surface area (Å²) in [5.74, 6) is 0.922. The van der Waals surface area contributed by atoms with Gasteiger partial charge in [0.05, 0.1) is 11.3 Å². The van der Waals surface area contributed by atoms with Crippen molar-refractivity contribution in [3.63, 3.8) is 0 Å². The van der Waals surface area contributed by atoms with Crippen molar-refractivity contribution in [2.24, 2.45) is 0 Å². The molecule has 3 nitrogen and oxygen atoms in total. The number of halogens is 1. The minimum Gasteiger partial charge on any atom is -0.369 e. The highest BCUT2D eigenvalue weighted by molar-refractivity contribution is 6.30. The summed E-state index contributed by atoms with van der Waals surface area (Å²) in [6.45, 7) is 1.71. The molecule has 3 aromatic rings. The van der Waals surface area contributed by atoms with Gasteiger partial charge >= 0.3 is 0 Å². The zero-order valence-corrected chi connectivity index (χ0v) is 13.2. The maximum Gasteiger partial charge on any atom is 0.196 e. The Bertz CT molecular complexity index is 866. The van der Waals surface area contributed by atoms with Crippen molar-refractivity contribution >= 4 is 23.2 Å². The van der Waals surface area contributed by atoms with Crippen LogP contribution in [0.1, 0.15) is 15.9 Å². The predicted molar refractivity (Wildman–Crippen MR) is 93.2 cm³/mol. The van der Waals surface area contributed by atoms with Crippen LogP contribution in [-0.2, 0) is 6.54 Å². The van der Waals surface area contributed by atoms with Gasteiger partial charge in [-0.05, 0) is 35.9 Å². The molecule has 1 aliphatic rings. The molecule has 0 aliphatic carbocycles. The van der Waals surface area contributed by atoms with Gasteiger partial charge in [-0.25, -0.2) is 0 Å². The molecule has 1 aliphatic heterocycles. The summed E-state index contributed by atoms with van der Waals surface area (Å²) < 4.78 is 2.18. The number of hydrogen-bond donors (Lipinski definition) is 1. The van der Waals surface area contributed by atoms with E-state index in [0.717, 1.165) is 30.2 Å². The number of carbonyl (C=O) groups excluding carboxylic acids is 1. The summed E-state index contributed by atoms with van der Waals surface area (Å²) in [4.78, 5) is 12.9. The second kappa shape index (κ2) is 5.60. The summed E-state index contributed by atoms with van der Waals surface area (Å²) in [5.41, 5.74) is 3.55. The average Bonchev–Trinajstić information content (AvgIpc) is 3.18. The molecule has 0 saturated carbocycles. The molecular weight excluding hydrogens is 308 g/mol. The second-order valence-electron chi connectivity index (χ2n) is 5.57. The van der Waals surface area contributed by atoms with E-state index in [2.05, 4.69) is 22.0 Å². The van der Waals surface area contributed by atoms with Gasteiger partial charge in [-0.2, -0.15) is 0 Å². The maximum atomic E-state index is 12.9. The van der Waals surface area contributed by atoms with Crippen LogP contribution in [0.3, 0.4) is 0 Å². The number of rotatable bonds is 3. The van der Waals surface area contributed by atoms with Crippen LogP contribution in [0, 0.1) is 0 Å². The van der Waals surface area contributed by atoms with E-state index < -0.39 is 0 Å². The molecule has 0 unspecified atom stereocenters. The van der Waals surface area contributed by atoms with Crippen LogP contribution in [0.15, 0.2) is 60.7 Å². The van der Waals surface area contributed by atoms with Crippen molar-refractivity contribution in [3.05, 3.63) is 76.8 Å². The third-order valence-electron chi connectivity index (χ3n) is 4.15. The van der Waals surface area contributed by atoms with Gasteiger partial charge in [0, 0.05) is 23.7 Å². The van der Waals surface area contributed by atoms with Crippen molar-refractivity contribution < 1.29 is 4.79 Å². The van der Waals surface area contributed by atoms with Crippen LogP contribution in [0.5, 0.6) is 0 Å². The molecule has 0 amide bonds. The van der Waals surface area contributed by atoms with E-state index >= 15 is 0 Å². The van der Waals surface area contributed by atoms with Gasteiger partial charge in [-0.15, -0.1) is 0 Å². The van der Waals surface area contributed by atoms with Crippen LogP contribution in [0.25, 0.3) is 11.3 Å². The molecule has 23 heavy (non-hydrogen) atoms. The van der Waals surface area contributed by atoms with Crippen LogP contribution in [0.4, 0.5) is 5.82 Å². The molecule has 2 aromatic carbocycles. The van der Waals surface area contributed by atoms with Crippen molar-refractivity contribution in [2.45, 2.75) is 6.54 Å². The largest absolute Gasteiger partial charge is 0.369 e. The summed E-state index contributed by atoms with van der Waals surface area (Å²) in [6, 6.07) is 19.2. The van der Waals surface area contributed by atoms with Crippen LogP contribution >= 0.6 is 11.6 Å². The lowest BCUT2D eigenvalue weighted by Gasteiger charge is -2.04. The van der Waals surface area contributed by atoms with Gasteiger partial charge in [0.25, 0.3) is 0 Å². The average molecular weight is 323 g/mol. The van der Waals surface area contributed by atoms with Crippen molar-refractivity contribution in [3.8, 4) is 11.3 Å². The van der Waals surface area contributed by atoms with E-state index in [1.807, 2.05) is 24.3 Å². The topological polar surface area (TPSA) is 34.0 Å². The summed E-state index contributed by atoms with van der Waals surface area (Å²) in [5, 5.41) is 3.97. The lowest BCUT2D eigenvalue weighted by Crippen LogP contribution is -2.03. The highest BCUT2D eigenvalue weighted by Gasteiger charge is 2.24. The van der Waals surface area contributed by atoms with Crippen LogP contribution in [-0.4, -0.2) is 16.9 Å². The number of ketones is 1. The lowest BCUT2D eigenvalue weighted by molar-refractivity contribution is 0.103. The summed E-state index contributed by atoms with van der Waals surface area (Å²) in [7, 11) is 0. The fourth-order valence-electron chi connectivity index (χ4n) is 3.04. The predicted octanol–water partition coefficient (Wildman–Crippen LogP) is 4.47. The second-order valence-corrected chi connectivity index (χ2v) is 6.01. The minimum absolute atomic E-state index is 0.0157. The molecular formula is C19H15ClN2O. The number of hydrogen-bond acceptors (Lipinski definition) is 2. The van der Waals surface area contributed by atoms with E-state index in [9.17, 15) is 4.79 Å². The van der Waals surface area contributed by atoms with Crippen LogP contribution < -0.4 is 5.32 Å². The number of fused-ring (bicyclic) bond motifs is 1. The molecule has 4 heteroatoms. The number of benzene rings is 2. The van der Waals surface area contributed by atoms with Gasteiger partial charge in [0.1, 0.15) is 5.82 Å². The Hall–Kier alpha value is -2.52. The molecule has 114 valence electrons. The molecule has 0 radical (unpaired) electrons. The van der Waals surface area contributed by atoms with E-state index in [0.29, 0.717) is 16.1 Å². The summed E-state index contributed by atoms with van der Waals surface area (Å²) in [6.07, 6.45) is 0. The van der Waals surface area contributed by atoms with Gasteiger partial charge in [-0.1, -0.05) is 41.9 Å². The van der Waals surface area contributed by atoms with Gasteiger partial charge < -0.3 is 9.88 Å². The number of carbonyl (C=O) groups is 1. The minimum atomic E-state index is 0.0157. The maximum absolute atomic E-state index is 12.9. The quantitative estimate of drug-likeness (QED) is 0.722. The van der Waals surface area contributed by atoms with Gasteiger partial charge in [0.2, 0.25) is 0 Å². The highest BCUT2D eigenvalue weighted by Crippen LogP contribution is 2.33. The zero-order chi connectivity index (χ0) is 15.8. The fraction of sp³-hybridized carbons (Fsp3) is 0.105. The normalized spacial score (nSPS) is 12.7. The Balaban J connectivity index is 1.81. The monoisotopic (exact) mass is 322 g/mol. The Morgan fingerprint density at radius 3 is 2.52 bits per heavy atom. The number of nitrogens with zero attached hydrogens (tertiary/aromatic N) is 1. The molecule has 1 N–H and O–H groups in total. The van der Waals surface area contributed by atoms with Gasteiger partial charge in [-0.3, -0.25) is 4.79 Å². The standard InChI is InChI=1S/C19H15ClN2O/c20-15-8-6-14(7-9-15)18(23)16-12-17(13-4-2-1-3-5-13)22-11-10-21-19(16)22/h1-9,12,21H,10-11H2. The number of aromatic nitrogens is 1. The number of anilines is 1. The molecule has 0 saturated heterocycles. The number of nitrogens with one attached hydrogen (secondary N) is 1. The SMILES string of the molecule is O=C(c1ccc(Cl)cc1)c1cc(-c2ccccc2)n2c1NCC2. The van der Waals surface area contributed by atoms with Crippen molar-refractivity contribution in [2.75, 3.05) is 11.9 Å². The Labute approximate surface area is 139 Å². The molecule has 0 spiro atoms. The molecule has 2 heterocycles. The fourth-order valence-corrected chi connectivity index (χ4v) is 3.16. The van der Waals surface area contributed by atoms with E-state index in [1.54, 1.807) is 24.3 Å². The Kier molecular flexibility index (Phi) is 3.43. The first-order valence-corrected chi connectivity index (χ1v) is 7.95. The van der Waals surface area contributed by atoms with Crippen LogP contribution in [0.2, 0.25) is 5.02 Å². The lowest BCUT2D eigenvalue weighted by atomic mass is 10.0. The first kappa shape index (κ1) is 14.1. The highest BCUT2D eigenvalue weighted by atomic mass is 35.5. The molecule has 1 aromatic heterocycles. The van der Waals surface area contributed by atoms with E-state index in [4.69, 9.17) is 11.6 Å².